The molecule has 1 aromatic rings. The lowest BCUT2D eigenvalue weighted by molar-refractivity contribution is -0.139. The second-order valence-electron chi connectivity index (χ2n) is 11.8. The Kier molecular flexibility index (Phi) is 9.15. The van der Waals surface area contributed by atoms with Gasteiger partial charge in [0.2, 0.25) is 5.91 Å². The summed E-state index contributed by atoms with van der Waals surface area (Å²) in [6.45, 7) is 15.7. The standard InChI is InChI=1S/C31H44N4O4/c1-6-16-35-25(21-33-17-19-34(20-18-33)28(36)23-10-8-9-11-23)26(29(37)39-7-2)27(32-30(35)38)22-12-14-24(15-13-22)31(3,4)5/h6,12-15,23,27H,1,7-11,16-21H2,2-5H3,(H,32,38)/t27-/m1/s1. The van der Waals surface area contributed by atoms with Crippen molar-refractivity contribution in [3.05, 3.63) is 59.3 Å². The number of hydrogen-bond acceptors (Lipinski definition) is 5. The van der Waals surface area contributed by atoms with Gasteiger partial charge in [-0.1, -0.05) is 64.0 Å². The number of esters is 1. The summed E-state index contributed by atoms with van der Waals surface area (Å²) in [5.74, 6) is 0.0226. The van der Waals surface area contributed by atoms with E-state index in [4.69, 9.17) is 4.74 Å². The van der Waals surface area contributed by atoms with Crippen molar-refractivity contribution in [3.8, 4) is 0 Å². The Morgan fingerprint density at radius 3 is 2.28 bits per heavy atom. The number of carbonyl (C=O) groups excluding carboxylic acids is 3. The Bertz CT molecular complexity index is 1090. The predicted molar refractivity (Wildman–Crippen MR) is 152 cm³/mol. The molecule has 0 bridgehead atoms. The zero-order valence-electron chi connectivity index (χ0n) is 24.0. The van der Waals surface area contributed by atoms with E-state index in [1.54, 1.807) is 17.9 Å². The molecule has 1 atom stereocenters. The van der Waals surface area contributed by atoms with E-state index in [0.29, 0.717) is 44.0 Å². The number of benzene rings is 1. The van der Waals surface area contributed by atoms with E-state index in [0.717, 1.165) is 31.2 Å². The fourth-order valence-corrected chi connectivity index (χ4v) is 5.84. The van der Waals surface area contributed by atoms with E-state index in [1.165, 1.54) is 5.56 Å². The van der Waals surface area contributed by atoms with Crippen molar-refractivity contribution in [2.24, 2.45) is 5.92 Å². The number of rotatable bonds is 8. The summed E-state index contributed by atoms with van der Waals surface area (Å²) in [6, 6.07) is 7.20. The molecule has 0 radical (unpaired) electrons. The molecule has 2 heterocycles. The number of piperazine rings is 1. The van der Waals surface area contributed by atoms with Gasteiger partial charge in [-0.3, -0.25) is 14.6 Å². The normalized spacial score (nSPS) is 21.2. The molecule has 0 aromatic heterocycles. The zero-order valence-corrected chi connectivity index (χ0v) is 24.0. The molecule has 2 fully saturated rings. The highest BCUT2D eigenvalue weighted by Gasteiger charge is 2.39. The molecule has 4 rings (SSSR count). The number of amides is 3. The van der Waals surface area contributed by atoms with Crippen LogP contribution in [0.15, 0.2) is 48.2 Å². The van der Waals surface area contributed by atoms with Gasteiger partial charge in [-0.05, 0) is 36.3 Å². The molecule has 1 saturated heterocycles. The van der Waals surface area contributed by atoms with Gasteiger partial charge in [0, 0.05) is 50.9 Å². The van der Waals surface area contributed by atoms with Crippen molar-refractivity contribution in [2.45, 2.75) is 64.8 Å². The van der Waals surface area contributed by atoms with Crippen molar-refractivity contribution in [1.82, 2.24) is 20.0 Å². The smallest absolute Gasteiger partial charge is 0.338 e. The van der Waals surface area contributed by atoms with Gasteiger partial charge in [-0.25, -0.2) is 9.59 Å². The molecule has 3 amide bonds. The predicted octanol–water partition coefficient (Wildman–Crippen LogP) is 4.39. The SMILES string of the molecule is C=CCN1C(=O)N[C@H](c2ccc(C(C)(C)C)cc2)C(C(=O)OCC)=C1CN1CCN(C(=O)C2CCCC2)CC1. The van der Waals surface area contributed by atoms with E-state index in [-0.39, 0.29) is 36.4 Å². The summed E-state index contributed by atoms with van der Waals surface area (Å²) in [6.07, 6.45) is 5.95. The van der Waals surface area contributed by atoms with Gasteiger partial charge in [0.05, 0.1) is 18.2 Å². The van der Waals surface area contributed by atoms with Crippen LogP contribution in [-0.2, 0) is 19.7 Å². The lowest BCUT2D eigenvalue weighted by atomic mass is 9.85. The minimum Gasteiger partial charge on any atom is -0.463 e. The minimum absolute atomic E-state index is 0.0125. The number of hydrogen-bond donors (Lipinski definition) is 1. The number of ether oxygens (including phenoxy) is 1. The maximum Gasteiger partial charge on any atom is 0.338 e. The van der Waals surface area contributed by atoms with E-state index < -0.39 is 12.0 Å². The third-order valence-electron chi connectivity index (χ3n) is 8.12. The first-order valence-corrected chi connectivity index (χ1v) is 14.3. The fraction of sp³-hybridized carbons (Fsp3) is 0.581. The van der Waals surface area contributed by atoms with E-state index in [9.17, 15) is 14.4 Å². The van der Waals surface area contributed by atoms with Gasteiger partial charge in [0.1, 0.15) is 0 Å². The first-order valence-electron chi connectivity index (χ1n) is 14.3. The Morgan fingerprint density at radius 2 is 1.72 bits per heavy atom. The molecular weight excluding hydrogens is 492 g/mol. The van der Waals surface area contributed by atoms with Crippen molar-refractivity contribution in [1.29, 1.82) is 0 Å². The summed E-state index contributed by atoms with van der Waals surface area (Å²) in [5, 5.41) is 3.04. The molecule has 8 nitrogen and oxygen atoms in total. The summed E-state index contributed by atoms with van der Waals surface area (Å²) in [5.41, 5.74) is 3.08. The van der Waals surface area contributed by atoms with Crippen molar-refractivity contribution in [2.75, 3.05) is 45.9 Å². The monoisotopic (exact) mass is 536 g/mol. The Balaban J connectivity index is 1.63. The Labute approximate surface area is 233 Å². The quantitative estimate of drug-likeness (QED) is 0.394. The van der Waals surface area contributed by atoms with Crippen LogP contribution < -0.4 is 5.32 Å². The second kappa shape index (κ2) is 12.4. The largest absolute Gasteiger partial charge is 0.463 e. The van der Waals surface area contributed by atoms with Gasteiger partial charge in [-0.2, -0.15) is 0 Å². The van der Waals surface area contributed by atoms with Crippen molar-refractivity contribution >= 4 is 17.9 Å². The number of urea groups is 1. The third kappa shape index (κ3) is 6.55. The minimum atomic E-state index is -0.619. The lowest BCUT2D eigenvalue weighted by Crippen LogP contribution is -2.54. The number of carbonyl (C=O) groups is 3. The molecule has 3 aliphatic rings. The first kappa shape index (κ1) is 28.9. The molecule has 0 unspecified atom stereocenters. The van der Waals surface area contributed by atoms with Gasteiger partial charge < -0.3 is 15.0 Å². The van der Waals surface area contributed by atoms with Crippen molar-refractivity contribution < 1.29 is 19.1 Å². The van der Waals surface area contributed by atoms with Crippen LogP contribution >= 0.6 is 0 Å². The van der Waals surface area contributed by atoms with Gasteiger partial charge >= 0.3 is 12.0 Å². The summed E-state index contributed by atoms with van der Waals surface area (Å²) < 4.78 is 5.53. The first-order chi connectivity index (χ1) is 18.6. The maximum atomic E-state index is 13.4. The highest BCUT2D eigenvalue weighted by molar-refractivity contribution is 5.95. The lowest BCUT2D eigenvalue weighted by Gasteiger charge is -2.41. The molecule has 1 N–H and O–H groups in total. The molecule has 0 spiro atoms. The molecule has 39 heavy (non-hydrogen) atoms. The Hall–Kier alpha value is -3.13. The van der Waals surface area contributed by atoms with E-state index in [1.807, 2.05) is 17.0 Å². The van der Waals surface area contributed by atoms with Crippen LogP contribution in [0.4, 0.5) is 4.79 Å². The second-order valence-corrected chi connectivity index (χ2v) is 11.8. The van der Waals surface area contributed by atoms with Crippen LogP contribution in [0.2, 0.25) is 0 Å². The number of nitrogens with zero attached hydrogens (tertiary/aromatic N) is 3. The van der Waals surface area contributed by atoms with Gasteiger partial charge in [0.25, 0.3) is 0 Å². The average Bonchev–Trinajstić information content (AvgIpc) is 3.45. The molecular formula is C31H44N4O4. The van der Waals surface area contributed by atoms with Crippen LogP contribution in [0.25, 0.3) is 0 Å². The van der Waals surface area contributed by atoms with E-state index >= 15 is 0 Å². The van der Waals surface area contributed by atoms with Crippen molar-refractivity contribution in [3.63, 3.8) is 0 Å². The van der Waals surface area contributed by atoms with Crippen LogP contribution in [0, 0.1) is 5.92 Å². The molecule has 1 aromatic carbocycles. The van der Waals surface area contributed by atoms with E-state index in [2.05, 4.69) is 49.7 Å². The van der Waals surface area contributed by atoms with Gasteiger partial charge in [0.15, 0.2) is 0 Å². The topological polar surface area (TPSA) is 82.2 Å². The average molecular weight is 537 g/mol. The van der Waals surface area contributed by atoms with Crippen LogP contribution in [0.5, 0.6) is 0 Å². The zero-order chi connectivity index (χ0) is 28.2. The fourth-order valence-electron chi connectivity index (χ4n) is 5.84. The highest BCUT2D eigenvalue weighted by atomic mass is 16.5. The maximum absolute atomic E-state index is 13.4. The molecule has 2 aliphatic heterocycles. The summed E-state index contributed by atoms with van der Waals surface area (Å²) >= 11 is 0. The molecule has 212 valence electrons. The Morgan fingerprint density at radius 1 is 1.08 bits per heavy atom. The van der Waals surface area contributed by atoms with Gasteiger partial charge in [-0.15, -0.1) is 6.58 Å². The molecule has 8 heteroatoms. The molecule has 1 saturated carbocycles. The number of nitrogens with one attached hydrogen (secondary N) is 1. The summed E-state index contributed by atoms with van der Waals surface area (Å²) in [4.78, 5) is 45.6. The summed E-state index contributed by atoms with van der Waals surface area (Å²) in [7, 11) is 0. The highest BCUT2D eigenvalue weighted by Crippen LogP contribution is 2.34. The van der Waals surface area contributed by atoms with Crippen LogP contribution in [0.3, 0.4) is 0 Å². The van der Waals surface area contributed by atoms with Crippen LogP contribution in [-0.4, -0.2) is 78.5 Å². The van der Waals surface area contributed by atoms with Crippen LogP contribution in [0.1, 0.15) is 70.5 Å². The third-order valence-corrected chi connectivity index (χ3v) is 8.12. The molecule has 1 aliphatic carbocycles.